The summed E-state index contributed by atoms with van der Waals surface area (Å²) in [7, 11) is 1.89. The highest BCUT2D eigenvalue weighted by molar-refractivity contribution is 5.70. The van der Waals surface area contributed by atoms with E-state index in [4.69, 9.17) is 10.7 Å². The summed E-state index contributed by atoms with van der Waals surface area (Å²) in [6.07, 6.45) is 3.74. The Bertz CT molecular complexity index is 583. The van der Waals surface area contributed by atoms with Gasteiger partial charge in [0.05, 0.1) is 6.20 Å². The molecule has 0 amide bonds. The molecule has 0 fully saturated rings. The molecular formula is C14H23N5. The first kappa shape index (κ1) is 13.6. The van der Waals surface area contributed by atoms with E-state index in [9.17, 15) is 0 Å². The zero-order chi connectivity index (χ0) is 14.4. The molecule has 104 valence electrons. The van der Waals surface area contributed by atoms with Crippen molar-refractivity contribution < 1.29 is 0 Å². The Morgan fingerprint density at radius 2 is 1.89 bits per heavy atom. The van der Waals surface area contributed by atoms with Crippen molar-refractivity contribution in [2.24, 2.45) is 7.05 Å². The Balaban J connectivity index is 2.65. The van der Waals surface area contributed by atoms with E-state index in [0.717, 1.165) is 17.1 Å². The maximum Gasteiger partial charge on any atom is 0.132 e. The quantitative estimate of drug-likeness (QED) is 0.904. The smallest absolute Gasteiger partial charge is 0.132 e. The Hall–Kier alpha value is -1.78. The third-order valence-corrected chi connectivity index (χ3v) is 3.11. The van der Waals surface area contributed by atoms with Crippen LogP contribution in [-0.2, 0) is 12.5 Å². The minimum absolute atomic E-state index is 0.0428. The van der Waals surface area contributed by atoms with E-state index in [-0.39, 0.29) is 11.5 Å². The summed E-state index contributed by atoms with van der Waals surface area (Å²) < 4.78 is 3.88. The van der Waals surface area contributed by atoms with Gasteiger partial charge in [0.2, 0.25) is 0 Å². The van der Waals surface area contributed by atoms with Gasteiger partial charge in [0.15, 0.2) is 0 Å². The molecule has 0 aromatic carbocycles. The van der Waals surface area contributed by atoms with Gasteiger partial charge in [0.25, 0.3) is 0 Å². The average molecular weight is 261 g/mol. The molecule has 0 aliphatic rings. The molecule has 2 rings (SSSR count). The van der Waals surface area contributed by atoms with Crippen LogP contribution in [0, 0.1) is 0 Å². The van der Waals surface area contributed by atoms with Gasteiger partial charge in [-0.3, -0.25) is 4.68 Å². The summed E-state index contributed by atoms with van der Waals surface area (Å²) >= 11 is 0. The first-order chi connectivity index (χ1) is 8.71. The second-order valence-electron chi connectivity index (χ2n) is 6.29. The molecule has 0 aliphatic heterocycles. The number of nitrogens with two attached hydrogens (primary N) is 1. The number of rotatable bonds is 2. The summed E-state index contributed by atoms with van der Waals surface area (Å²) in [6, 6.07) is 0.284. The van der Waals surface area contributed by atoms with E-state index >= 15 is 0 Å². The second kappa shape index (κ2) is 4.40. The van der Waals surface area contributed by atoms with Crippen molar-refractivity contribution in [2.75, 3.05) is 5.73 Å². The van der Waals surface area contributed by atoms with Crippen LogP contribution in [0.25, 0.3) is 11.3 Å². The molecule has 0 spiro atoms. The number of aryl methyl sites for hydroxylation is 1. The zero-order valence-electron chi connectivity index (χ0n) is 12.6. The zero-order valence-corrected chi connectivity index (χ0v) is 12.6. The van der Waals surface area contributed by atoms with Crippen LogP contribution in [0.1, 0.15) is 46.5 Å². The van der Waals surface area contributed by atoms with Crippen LogP contribution in [0.2, 0.25) is 0 Å². The number of nitrogen functional groups attached to an aromatic ring is 1. The van der Waals surface area contributed by atoms with E-state index in [2.05, 4.69) is 44.3 Å². The number of anilines is 1. The average Bonchev–Trinajstić information content (AvgIpc) is 2.80. The molecule has 2 aromatic heterocycles. The van der Waals surface area contributed by atoms with Crippen molar-refractivity contribution in [2.45, 2.75) is 46.1 Å². The number of imidazole rings is 1. The Morgan fingerprint density at radius 1 is 1.26 bits per heavy atom. The fourth-order valence-corrected chi connectivity index (χ4v) is 2.25. The maximum atomic E-state index is 6.31. The molecule has 0 unspecified atom stereocenters. The van der Waals surface area contributed by atoms with Crippen molar-refractivity contribution in [1.82, 2.24) is 19.3 Å². The van der Waals surface area contributed by atoms with Crippen molar-refractivity contribution in [3.8, 4) is 11.3 Å². The standard InChI is InChI=1S/C14H23N5/c1-9(2)19-12(15)11(10-7-16-18(6)8-10)17-13(19)14(3,4)5/h7-9H,15H2,1-6H3. The number of nitrogens with zero attached hydrogens (tertiary/aromatic N) is 4. The van der Waals surface area contributed by atoms with Crippen LogP contribution in [0.4, 0.5) is 5.82 Å². The van der Waals surface area contributed by atoms with Gasteiger partial charge < -0.3 is 10.3 Å². The third-order valence-electron chi connectivity index (χ3n) is 3.11. The number of hydrogen-bond acceptors (Lipinski definition) is 3. The van der Waals surface area contributed by atoms with E-state index in [1.165, 1.54) is 0 Å². The summed E-state index contributed by atoms with van der Waals surface area (Å²) in [5, 5.41) is 4.19. The van der Waals surface area contributed by atoms with Gasteiger partial charge in [-0.2, -0.15) is 5.10 Å². The van der Waals surface area contributed by atoms with Crippen LogP contribution >= 0.6 is 0 Å². The Labute approximate surface area is 114 Å². The Morgan fingerprint density at radius 3 is 2.26 bits per heavy atom. The van der Waals surface area contributed by atoms with Gasteiger partial charge in [-0.05, 0) is 13.8 Å². The molecule has 0 radical (unpaired) electrons. The summed E-state index contributed by atoms with van der Waals surface area (Å²) in [6.45, 7) is 10.7. The van der Waals surface area contributed by atoms with Crippen LogP contribution in [0.5, 0.6) is 0 Å². The molecule has 19 heavy (non-hydrogen) atoms. The third kappa shape index (κ3) is 2.37. The van der Waals surface area contributed by atoms with Gasteiger partial charge in [0.1, 0.15) is 17.3 Å². The highest BCUT2D eigenvalue weighted by Crippen LogP contribution is 2.33. The van der Waals surface area contributed by atoms with E-state index in [0.29, 0.717) is 5.82 Å². The molecular weight excluding hydrogens is 238 g/mol. The minimum atomic E-state index is -0.0428. The van der Waals surface area contributed by atoms with Crippen molar-refractivity contribution in [3.05, 3.63) is 18.2 Å². The van der Waals surface area contributed by atoms with Gasteiger partial charge in [-0.1, -0.05) is 20.8 Å². The monoisotopic (exact) mass is 261 g/mol. The van der Waals surface area contributed by atoms with E-state index in [1.807, 2.05) is 13.2 Å². The fourth-order valence-electron chi connectivity index (χ4n) is 2.25. The van der Waals surface area contributed by atoms with Crippen LogP contribution < -0.4 is 5.73 Å². The number of hydrogen-bond donors (Lipinski definition) is 1. The normalized spacial score (nSPS) is 12.4. The fraction of sp³-hybridized carbons (Fsp3) is 0.571. The van der Waals surface area contributed by atoms with Crippen LogP contribution in [-0.4, -0.2) is 19.3 Å². The summed E-state index contributed by atoms with van der Waals surface area (Å²) in [4.78, 5) is 4.77. The number of aromatic nitrogens is 4. The molecule has 0 bridgehead atoms. The lowest BCUT2D eigenvalue weighted by Gasteiger charge is -2.22. The highest BCUT2D eigenvalue weighted by atomic mass is 15.2. The molecule has 0 saturated heterocycles. The highest BCUT2D eigenvalue weighted by Gasteiger charge is 2.26. The van der Waals surface area contributed by atoms with Crippen molar-refractivity contribution in [3.63, 3.8) is 0 Å². The molecule has 2 heterocycles. The molecule has 5 nitrogen and oxygen atoms in total. The van der Waals surface area contributed by atoms with Gasteiger partial charge in [0, 0.05) is 30.3 Å². The summed E-state index contributed by atoms with van der Waals surface area (Å²) in [5.41, 5.74) is 8.05. The van der Waals surface area contributed by atoms with Gasteiger partial charge in [-0.15, -0.1) is 0 Å². The lowest BCUT2D eigenvalue weighted by Crippen LogP contribution is -2.21. The molecule has 0 aliphatic carbocycles. The SMILES string of the molecule is CC(C)n1c(C(C)(C)C)nc(-c2cnn(C)c2)c1N. The molecule has 5 heteroatoms. The van der Waals surface area contributed by atoms with Gasteiger partial charge >= 0.3 is 0 Å². The Kier molecular flexibility index (Phi) is 3.16. The van der Waals surface area contributed by atoms with E-state index in [1.54, 1.807) is 10.9 Å². The lowest BCUT2D eigenvalue weighted by atomic mass is 9.95. The molecule has 0 atom stereocenters. The lowest BCUT2D eigenvalue weighted by molar-refractivity contribution is 0.473. The van der Waals surface area contributed by atoms with Crippen LogP contribution in [0.3, 0.4) is 0 Å². The minimum Gasteiger partial charge on any atom is -0.383 e. The van der Waals surface area contributed by atoms with E-state index < -0.39 is 0 Å². The molecule has 2 N–H and O–H groups in total. The topological polar surface area (TPSA) is 61.7 Å². The summed E-state index contributed by atoms with van der Waals surface area (Å²) in [5.74, 6) is 1.73. The predicted octanol–water partition coefficient (Wildman–Crippen LogP) is 2.74. The molecule has 0 saturated carbocycles. The van der Waals surface area contributed by atoms with Crippen molar-refractivity contribution in [1.29, 1.82) is 0 Å². The van der Waals surface area contributed by atoms with Crippen molar-refractivity contribution >= 4 is 5.82 Å². The maximum absolute atomic E-state index is 6.31. The first-order valence-corrected chi connectivity index (χ1v) is 6.59. The predicted molar refractivity (Wildman–Crippen MR) is 77.9 cm³/mol. The second-order valence-corrected chi connectivity index (χ2v) is 6.29. The largest absolute Gasteiger partial charge is 0.383 e. The first-order valence-electron chi connectivity index (χ1n) is 6.59. The van der Waals surface area contributed by atoms with Gasteiger partial charge in [-0.25, -0.2) is 4.98 Å². The molecule has 2 aromatic rings. The van der Waals surface area contributed by atoms with Crippen LogP contribution in [0.15, 0.2) is 12.4 Å².